The number of methoxy groups -OCH3 is 2. The van der Waals surface area contributed by atoms with Crippen LogP contribution in [-0.2, 0) is 18.9 Å². The Balaban J connectivity index is 2.38. The van der Waals surface area contributed by atoms with Crippen LogP contribution in [0.15, 0.2) is 0 Å². The molecule has 0 aromatic heterocycles. The summed E-state index contributed by atoms with van der Waals surface area (Å²) >= 11 is 0. The molecule has 2 saturated heterocycles. The van der Waals surface area contributed by atoms with Gasteiger partial charge in [-0.1, -0.05) is 13.8 Å². The van der Waals surface area contributed by atoms with Crippen LogP contribution in [0.5, 0.6) is 0 Å². The van der Waals surface area contributed by atoms with Crippen LogP contribution in [0.25, 0.3) is 0 Å². The first kappa shape index (κ1) is 12.4. The van der Waals surface area contributed by atoms with E-state index in [9.17, 15) is 0 Å². The zero-order valence-corrected chi connectivity index (χ0v) is 10.4. The zero-order valence-electron chi connectivity index (χ0n) is 10.4. The molecule has 0 aromatic carbocycles. The summed E-state index contributed by atoms with van der Waals surface area (Å²) in [5.74, 6) is 0. The van der Waals surface area contributed by atoms with Gasteiger partial charge < -0.3 is 18.9 Å². The summed E-state index contributed by atoms with van der Waals surface area (Å²) in [6.07, 6.45) is -0.376. The first-order valence-electron chi connectivity index (χ1n) is 5.55. The summed E-state index contributed by atoms with van der Waals surface area (Å²) in [5, 5.41) is 0. The van der Waals surface area contributed by atoms with Gasteiger partial charge in [0.2, 0.25) is 0 Å². The van der Waals surface area contributed by atoms with Gasteiger partial charge in [0.05, 0.1) is 13.2 Å². The molecule has 2 radical (unpaired) electrons. The van der Waals surface area contributed by atoms with Crippen LogP contribution in [0, 0.1) is 5.41 Å². The highest BCUT2D eigenvalue weighted by molar-refractivity contribution is 6.11. The molecule has 0 aromatic rings. The summed E-state index contributed by atoms with van der Waals surface area (Å²) in [5.41, 5.74) is -0.701. The van der Waals surface area contributed by atoms with Crippen LogP contribution in [-0.4, -0.2) is 59.1 Å². The highest BCUT2D eigenvalue weighted by Crippen LogP contribution is 2.50. The molecule has 0 aliphatic carbocycles. The fourth-order valence-electron chi connectivity index (χ4n) is 2.82. The van der Waals surface area contributed by atoms with Gasteiger partial charge in [-0.2, -0.15) is 0 Å². The molecule has 2 fully saturated rings. The topological polar surface area (TPSA) is 36.9 Å². The molecule has 2 heterocycles. The third-order valence-corrected chi connectivity index (χ3v) is 3.82. The maximum absolute atomic E-state index is 5.94. The lowest BCUT2D eigenvalue weighted by Crippen LogP contribution is -2.63. The van der Waals surface area contributed by atoms with Crippen LogP contribution >= 0.6 is 0 Å². The Bertz CT molecular complexity index is 271. The Morgan fingerprint density at radius 3 is 2.62 bits per heavy atom. The van der Waals surface area contributed by atoms with Crippen molar-refractivity contribution in [3.8, 4) is 0 Å². The summed E-state index contributed by atoms with van der Waals surface area (Å²) in [4.78, 5) is 0. The van der Waals surface area contributed by atoms with E-state index in [0.717, 1.165) is 0 Å². The molecule has 4 nitrogen and oxygen atoms in total. The average Bonchev–Trinajstić information content (AvgIpc) is 2.44. The predicted octanol–water partition coefficient (Wildman–Crippen LogP) is 0.336. The lowest BCUT2D eigenvalue weighted by atomic mass is 9.70. The van der Waals surface area contributed by atoms with Gasteiger partial charge in [0.25, 0.3) is 0 Å². The van der Waals surface area contributed by atoms with Crippen LogP contribution in [0.1, 0.15) is 13.8 Å². The van der Waals surface area contributed by atoms with Crippen LogP contribution in [0.4, 0.5) is 0 Å². The van der Waals surface area contributed by atoms with Crippen molar-refractivity contribution < 1.29 is 18.9 Å². The molecule has 2 bridgehead atoms. The molecular formula is C11H19BO4. The van der Waals surface area contributed by atoms with Gasteiger partial charge in [-0.25, -0.2) is 0 Å². The standard InChI is InChI=1S/C11H19BO4/c1-10(2)5-15-7-8(14-4)11(10,6-13-3)16-9(7)12/h7-9H,5-6H2,1-4H3/t7-,8?,9+,11+/m0/s1. The van der Waals surface area contributed by atoms with Gasteiger partial charge in [0.1, 0.15) is 25.7 Å². The van der Waals surface area contributed by atoms with Crippen molar-refractivity contribution in [3.05, 3.63) is 0 Å². The van der Waals surface area contributed by atoms with E-state index in [4.69, 9.17) is 26.8 Å². The first-order valence-corrected chi connectivity index (χ1v) is 5.55. The second-order valence-corrected chi connectivity index (χ2v) is 5.22. The second-order valence-electron chi connectivity index (χ2n) is 5.22. The molecule has 4 atom stereocenters. The monoisotopic (exact) mass is 226 g/mol. The molecule has 90 valence electrons. The Morgan fingerprint density at radius 1 is 1.38 bits per heavy atom. The van der Waals surface area contributed by atoms with E-state index in [-0.39, 0.29) is 17.6 Å². The van der Waals surface area contributed by atoms with Crippen molar-refractivity contribution >= 4 is 7.85 Å². The highest BCUT2D eigenvalue weighted by atomic mass is 16.6. The SMILES string of the molecule is [B][C@@H]1O[C@]2(COC)C(OC)[C@@H]1OCC2(C)C. The fraction of sp³-hybridized carbons (Fsp3) is 1.00. The quantitative estimate of drug-likeness (QED) is 0.650. The minimum absolute atomic E-state index is 0.175. The molecule has 0 N–H and O–H groups in total. The van der Waals surface area contributed by atoms with E-state index in [0.29, 0.717) is 13.2 Å². The maximum Gasteiger partial charge on any atom is 0.127 e. The van der Waals surface area contributed by atoms with Gasteiger partial charge in [-0.05, 0) is 0 Å². The molecule has 5 heteroatoms. The molecule has 2 rings (SSSR count). The van der Waals surface area contributed by atoms with E-state index < -0.39 is 11.6 Å². The predicted molar refractivity (Wildman–Crippen MR) is 59.6 cm³/mol. The molecule has 0 saturated carbocycles. The fourth-order valence-corrected chi connectivity index (χ4v) is 2.82. The molecule has 2 aliphatic heterocycles. The van der Waals surface area contributed by atoms with Crippen molar-refractivity contribution in [1.82, 2.24) is 0 Å². The molecular weight excluding hydrogens is 207 g/mol. The lowest BCUT2D eigenvalue weighted by molar-refractivity contribution is -0.219. The number of hydrogen-bond donors (Lipinski definition) is 0. The molecule has 1 unspecified atom stereocenters. The third kappa shape index (κ3) is 1.45. The van der Waals surface area contributed by atoms with Crippen molar-refractivity contribution in [2.75, 3.05) is 27.4 Å². The first-order chi connectivity index (χ1) is 7.48. The van der Waals surface area contributed by atoms with Crippen molar-refractivity contribution in [1.29, 1.82) is 0 Å². The number of ether oxygens (including phenoxy) is 4. The normalized spacial score (nSPS) is 45.9. The van der Waals surface area contributed by atoms with Gasteiger partial charge in [-0.15, -0.1) is 0 Å². The summed E-state index contributed by atoms with van der Waals surface area (Å²) in [6, 6.07) is -0.443. The van der Waals surface area contributed by atoms with Crippen LogP contribution in [0.2, 0.25) is 0 Å². The average molecular weight is 226 g/mol. The van der Waals surface area contributed by atoms with Gasteiger partial charge >= 0.3 is 0 Å². The van der Waals surface area contributed by atoms with Gasteiger partial charge in [0, 0.05) is 25.6 Å². The van der Waals surface area contributed by atoms with Crippen molar-refractivity contribution in [2.24, 2.45) is 5.41 Å². The van der Waals surface area contributed by atoms with Gasteiger partial charge in [-0.3, -0.25) is 0 Å². The van der Waals surface area contributed by atoms with Crippen molar-refractivity contribution in [3.63, 3.8) is 0 Å². The lowest BCUT2D eigenvalue weighted by Gasteiger charge is -2.49. The zero-order chi connectivity index (χ0) is 12.0. The maximum atomic E-state index is 5.94. The van der Waals surface area contributed by atoms with Crippen LogP contribution < -0.4 is 0 Å². The summed E-state index contributed by atoms with van der Waals surface area (Å²) in [6.45, 7) is 5.25. The third-order valence-electron chi connectivity index (χ3n) is 3.82. The molecule has 0 amide bonds. The molecule has 0 spiro atoms. The van der Waals surface area contributed by atoms with E-state index in [2.05, 4.69) is 13.8 Å². The van der Waals surface area contributed by atoms with E-state index in [1.807, 2.05) is 0 Å². The second kappa shape index (κ2) is 3.98. The van der Waals surface area contributed by atoms with E-state index in [1.54, 1.807) is 14.2 Å². The largest absolute Gasteiger partial charge is 0.382 e. The minimum Gasteiger partial charge on any atom is -0.382 e. The highest BCUT2D eigenvalue weighted by Gasteiger charge is 2.65. The Kier molecular flexibility index (Phi) is 3.08. The van der Waals surface area contributed by atoms with Gasteiger partial charge in [0.15, 0.2) is 0 Å². The van der Waals surface area contributed by atoms with E-state index >= 15 is 0 Å². The van der Waals surface area contributed by atoms with Crippen molar-refractivity contribution in [2.45, 2.75) is 37.7 Å². The Labute approximate surface area is 98.0 Å². The smallest absolute Gasteiger partial charge is 0.127 e. The summed E-state index contributed by atoms with van der Waals surface area (Å²) in [7, 11) is 9.26. The Morgan fingerprint density at radius 2 is 2.06 bits per heavy atom. The number of hydrogen-bond acceptors (Lipinski definition) is 4. The Hall–Kier alpha value is -0.0951. The number of rotatable bonds is 3. The number of fused-ring (bicyclic) bond motifs is 2. The summed E-state index contributed by atoms with van der Waals surface area (Å²) < 4.78 is 22.5. The van der Waals surface area contributed by atoms with Crippen LogP contribution in [0.3, 0.4) is 0 Å². The molecule has 16 heavy (non-hydrogen) atoms. The van der Waals surface area contributed by atoms with E-state index in [1.165, 1.54) is 0 Å². The minimum atomic E-state index is -0.515. The molecule has 2 aliphatic rings.